The van der Waals surface area contributed by atoms with Crippen molar-refractivity contribution in [3.8, 4) is 22.9 Å². The molecule has 0 fully saturated rings. The molecule has 0 N–H and O–H groups in total. The zero-order valence-electron chi connectivity index (χ0n) is 18.5. The van der Waals surface area contributed by atoms with Gasteiger partial charge in [-0.15, -0.1) is 0 Å². The minimum Gasteiger partial charge on any atom is -0.494 e. The van der Waals surface area contributed by atoms with Crippen molar-refractivity contribution in [2.24, 2.45) is 5.92 Å². The fourth-order valence-corrected chi connectivity index (χ4v) is 3.15. The summed E-state index contributed by atoms with van der Waals surface area (Å²) in [6, 6.07) is 8.08. The van der Waals surface area contributed by atoms with Crippen LogP contribution < -0.4 is 9.47 Å². The number of benzene rings is 1. The van der Waals surface area contributed by atoms with Gasteiger partial charge in [0.2, 0.25) is 5.88 Å². The van der Waals surface area contributed by atoms with Gasteiger partial charge in [-0.3, -0.25) is 0 Å². The molecule has 160 valence electrons. The lowest BCUT2D eigenvalue weighted by Crippen LogP contribution is -2.02. The van der Waals surface area contributed by atoms with Gasteiger partial charge in [0, 0.05) is 5.56 Å². The van der Waals surface area contributed by atoms with Crippen LogP contribution in [0.1, 0.15) is 78.6 Å². The summed E-state index contributed by atoms with van der Waals surface area (Å²) in [5.74, 6) is 2.26. The van der Waals surface area contributed by atoms with Crippen molar-refractivity contribution in [3.63, 3.8) is 0 Å². The fourth-order valence-electron chi connectivity index (χ4n) is 3.15. The van der Waals surface area contributed by atoms with E-state index in [2.05, 4.69) is 30.7 Å². The van der Waals surface area contributed by atoms with Crippen molar-refractivity contribution in [1.82, 2.24) is 9.97 Å². The second kappa shape index (κ2) is 14.0. The average molecular weight is 399 g/mol. The van der Waals surface area contributed by atoms with Crippen LogP contribution in [0.25, 0.3) is 11.3 Å². The Kier molecular flexibility index (Phi) is 11.2. The summed E-state index contributed by atoms with van der Waals surface area (Å²) in [6.07, 6.45) is 14.6. The van der Waals surface area contributed by atoms with Gasteiger partial charge in [-0.1, -0.05) is 59.3 Å². The van der Waals surface area contributed by atoms with Gasteiger partial charge in [-0.2, -0.15) is 0 Å². The molecule has 0 saturated heterocycles. The molecule has 0 saturated carbocycles. The van der Waals surface area contributed by atoms with Crippen molar-refractivity contribution >= 4 is 0 Å². The Labute approximate surface area is 177 Å². The predicted octanol–water partition coefficient (Wildman–Crippen LogP) is 7.09. The number of unbranched alkanes of at least 4 members (excludes halogenated alkanes) is 5. The third kappa shape index (κ3) is 9.29. The van der Waals surface area contributed by atoms with Gasteiger partial charge >= 0.3 is 0 Å². The normalized spacial score (nSPS) is 12.0. The SMILES string of the molecule is CCCCCCCCOc1ccc(-c2cnc(OCCC[C@@H](C)CC)cn2)cc1. The van der Waals surface area contributed by atoms with E-state index < -0.39 is 0 Å². The van der Waals surface area contributed by atoms with Crippen molar-refractivity contribution in [2.45, 2.75) is 78.6 Å². The third-order valence-electron chi connectivity index (χ3n) is 5.33. The largest absolute Gasteiger partial charge is 0.494 e. The molecular formula is C25H38N2O2. The van der Waals surface area contributed by atoms with E-state index in [1.165, 1.54) is 44.9 Å². The average Bonchev–Trinajstić information content (AvgIpc) is 2.77. The first kappa shape index (κ1) is 23.2. The second-order valence-electron chi connectivity index (χ2n) is 7.88. The van der Waals surface area contributed by atoms with E-state index in [0.717, 1.165) is 42.4 Å². The molecule has 4 heteroatoms. The maximum absolute atomic E-state index is 5.85. The molecule has 29 heavy (non-hydrogen) atoms. The summed E-state index contributed by atoms with van der Waals surface area (Å²) in [4.78, 5) is 8.88. The molecule has 1 aromatic heterocycles. The number of rotatable bonds is 15. The highest BCUT2D eigenvalue weighted by atomic mass is 16.5. The summed E-state index contributed by atoms with van der Waals surface area (Å²) in [5, 5.41) is 0. The van der Waals surface area contributed by atoms with Gasteiger partial charge in [-0.25, -0.2) is 9.97 Å². The summed E-state index contributed by atoms with van der Waals surface area (Å²) in [7, 11) is 0. The van der Waals surface area contributed by atoms with E-state index in [1.807, 2.05) is 24.3 Å². The highest BCUT2D eigenvalue weighted by Gasteiger charge is 2.04. The van der Waals surface area contributed by atoms with Crippen LogP contribution in [0.5, 0.6) is 11.6 Å². The Morgan fingerprint density at radius 2 is 1.52 bits per heavy atom. The fraction of sp³-hybridized carbons (Fsp3) is 0.600. The molecule has 1 atom stereocenters. The van der Waals surface area contributed by atoms with Gasteiger partial charge in [-0.05, 0) is 49.4 Å². The predicted molar refractivity (Wildman–Crippen MR) is 121 cm³/mol. The molecular weight excluding hydrogens is 360 g/mol. The molecule has 0 aliphatic rings. The lowest BCUT2D eigenvalue weighted by atomic mass is 10.0. The topological polar surface area (TPSA) is 44.2 Å². The van der Waals surface area contributed by atoms with Crippen molar-refractivity contribution in [1.29, 1.82) is 0 Å². The molecule has 0 aliphatic heterocycles. The van der Waals surface area contributed by atoms with Gasteiger partial charge < -0.3 is 9.47 Å². The summed E-state index contributed by atoms with van der Waals surface area (Å²) in [6.45, 7) is 8.23. The number of nitrogens with zero attached hydrogens (tertiary/aromatic N) is 2. The Balaban J connectivity index is 1.70. The monoisotopic (exact) mass is 398 g/mol. The van der Waals surface area contributed by atoms with Crippen molar-refractivity contribution in [2.75, 3.05) is 13.2 Å². The van der Waals surface area contributed by atoms with Gasteiger partial charge in [0.15, 0.2) is 0 Å². The van der Waals surface area contributed by atoms with Crippen LogP contribution in [0, 0.1) is 5.92 Å². The molecule has 0 aliphatic carbocycles. The smallest absolute Gasteiger partial charge is 0.232 e. The van der Waals surface area contributed by atoms with Crippen LogP contribution in [0.4, 0.5) is 0 Å². The molecule has 1 heterocycles. The van der Waals surface area contributed by atoms with E-state index in [9.17, 15) is 0 Å². The Hall–Kier alpha value is -2.10. The number of hydrogen-bond donors (Lipinski definition) is 0. The van der Waals surface area contributed by atoms with E-state index >= 15 is 0 Å². The maximum Gasteiger partial charge on any atom is 0.232 e. The molecule has 0 unspecified atom stereocenters. The van der Waals surface area contributed by atoms with Crippen LogP contribution >= 0.6 is 0 Å². The van der Waals surface area contributed by atoms with Gasteiger partial charge in [0.1, 0.15) is 5.75 Å². The highest BCUT2D eigenvalue weighted by Crippen LogP contribution is 2.21. The zero-order valence-corrected chi connectivity index (χ0v) is 18.5. The lowest BCUT2D eigenvalue weighted by Gasteiger charge is -2.09. The van der Waals surface area contributed by atoms with E-state index in [1.54, 1.807) is 12.4 Å². The van der Waals surface area contributed by atoms with Crippen LogP contribution in [-0.4, -0.2) is 23.2 Å². The molecule has 4 nitrogen and oxygen atoms in total. The molecule has 2 aromatic rings. The quantitative estimate of drug-likeness (QED) is 0.300. The number of aromatic nitrogens is 2. The second-order valence-corrected chi connectivity index (χ2v) is 7.88. The highest BCUT2D eigenvalue weighted by molar-refractivity contribution is 5.59. The van der Waals surface area contributed by atoms with E-state index in [-0.39, 0.29) is 0 Å². The van der Waals surface area contributed by atoms with Crippen LogP contribution in [0.3, 0.4) is 0 Å². The minimum atomic E-state index is 0.594. The van der Waals surface area contributed by atoms with Crippen molar-refractivity contribution in [3.05, 3.63) is 36.7 Å². The zero-order chi connectivity index (χ0) is 20.7. The number of hydrogen-bond acceptors (Lipinski definition) is 4. The first-order valence-electron chi connectivity index (χ1n) is 11.4. The summed E-state index contributed by atoms with van der Waals surface area (Å²) in [5.41, 5.74) is 1.88. The standard InChI is InChI=1S/C25H38N2O2/c1-4-6-7-8-9-10-17-28-23-15-13-22(14-16-23)24-19-27-25(20-26-24)29-18-11-12-21(3)5-2/h13-16,19-21H,4-12,17-18H2,1-3H3/t21-/m0/s1. The Morgan fingerprint density at radius 1 is 0.793 bits per heavy atom. The maximum atomic E-state index is 5.85. The summed E-state index contributed by atoms with van der Waals surface area (Å²) >= 11 is 0. The lowest BCUT2D eigenvalue weighted by molar-refractivity contribution is 0.283. The molecule has 0 bridgehead atoms. The minimum absolute atomic E-state index is 0.594. The molecule has 0 spiro atoms. The van der Waals surface area contributed by atoms with Gasteiger partial charge in [0.25, 0.3) is 0 Å². The molecule has 0 amide bonds. The summed E-state index contributed by atoms with van der Waals surface area (Å²) < 4.78 is 11.5. The van der Waals surface area contributed by atoms with E-state index in [4.69, 9.17) is 9.47 Å². The molecule has 0 radical (unpaired) electrons. The van der Waals surface area contributed by atoms with Crippen LogP contribution in [0.15, 0.2) is 36.7 Å². The number of ether oxygens (including phenoxy) is 2. The van der Waals surface area contributed by atoms with E-state index in [0.29, 0.717) is 12.5 Å². The Morgan fingerprint density at radius 3 is 2.21 bits per heavy atom. The first-order valence-corrected chi connectivity index (χ1v) is 11.4. The van der Waals surface area contributed by atoms with Crippen LogP contribution in [-0.2, 0) is 0 Å². The van der Waals surface area contributed by atoms with Gasteiger partial charge in [0.05, 0.1) is 31.3 Å². The van der Waals surface area contributed by atoms with Crippen molar-refractivity contribution < 1.29 is 9.47 Å². The Bertz CT molecular complexity index is 656. The first-order chi connectivity index (χ1) is 14.2. The molecule has 2 rings (SSSR count). The molecule has 1 aromatic carbocycles. The van der Waals surface area contributed by atoms with Crippen LogP contribution in [0.2, 0.25) is 0 Å². The third-order valence-corrected chi connectivity index (χ3v) is 5.33.